The molecule has 1 nitrogen and oxygen atoms in total. The van der Waals surface area contributed by atoms with E-state index >= 15 is 0 Å². The summed E-state index contributed by atoms with van der Waals surface area (Å²) in [5, 5.41) is 0. The maximum Gasteiger partial charge on any atom is 0.163 e. The van der Waals surface area contributed by atoms with Gasteiger partial charge < -0.3 is 0 Å². The first kappa shape index (κ1) is 11.4. The Balaban J connectivity index is 0. The topological polar surface area (TPSA) is 17.1 Å². The lowest BCUT2D eigenvalue weighted by Gasteiger charge is -1.94. The second-order valence-corrected chi connectivity index (χ2v) is 1.49. The van der Waals surface area contributed by atoms with E-state index in [4.69, 9.17) is 0 Å². The van der Waals surface area contributed by atoms with Gasteiger partial charge >= 0.3 is 0 Å². The molecule has 0 aromatic heterocycles. The average molecular weight is 134 g/mol. The third-order valence-electron chi connectivity index (χ3n) is 0.800. The molecule has 0 N–H and O–H groups in total. The molecule has 0 saturated carbocycles. The lowest BCUT2D eigenvalue weighted by atomic mass is 10.2. The minimum atomic E-state index is -1.24. The zero-order valence-corrected chi connectivity index (χ0v) is 6.57. The highest BCUT2D eigenvalue weighted by Gasteiger charge is 2.06. The molecule has 0 aromatic rings. The van der Waals surface area contributed by atoms with Crippen molar-refractivity contribution in [1.82, 2.24) is 0 Å². The molecule has 0 amide bonds. The summed E-state index contributed by atoms with van der Waals surface area (Å²) in [5.41, 5.74) is 0. The van der Waals surface area contributed by atoms with E-state index in [1.54, 1.807) is 6.92 Å². The van der Waals surface area contributed by atoms with Crippen molar-refractivity contribution < 1.29 is 9.18 Å². The molecule has 0 bridgehead atoms. The van der Waals surface area contributed by atoms with Crippen LogP contribution >= 0.6 is 0 Å². The summed E-state index contributed by atoms with van der Waals surface area (Å²) in [6, 6.07) is 0. The molecule has 0 heterocycles. The van der Waals surface area contributed by atoms with Gasteiger partial charge in [0.05, 0.1) is 0 Å². The van der Waals surface area contributed by atoms with Crippen molar-refractivity contribution in [2.24, 2.45) is 0 Å². The highest BCUT2D eigenvalue weighted by atomic mass is 19.1. The highest BCUT2D eigenvalue weighted by Crippen LogP contribution is 1.95. The minimum absolute atomic E-state index is 0.301. The molecule has 2 heteroatoms. The molecule has 1 atom stereocenters. The van der Waals surface area contributed by atoms with Gasteiger partial charge in [-0.3, -0.25) is 4.79 Å². The number of halogens is 1. The Bertz CT molecular complexity index is 71.3. The predicted octanol–water partition coefficient (Wildman–Crippen LogP) is 2.35. The van der Waals surface area contributed by atoms with Gasteiger partial charge in [0.25, 0.3) is 0 Å². The van der Waals surface area contributed by atoms with Gasteiger partial charge in [0.2, 0.25) is 0 Å². The maximum absolute atomic E-state index is 11.9. The van der Waals surface area contributed by atoms with Crippen LogP contribution in [0.15, 0.2) is 0 Å². The van der Waals surface area contributed by atoms with E-state index in [1.165, 1.54) is 6.92 Å². The Morgan fingerprint density at radius 2 is 1.89 bits per heavy atom. The van der Waals surface area contributed by atoms with Crippen LogP contribution in [0.5, 0.6) is 0 Å². The van der Waals surface area contributed by atoms with E-state index in [0.29, 0.717) is 6.42 Å². The summed E-state index contributed by atoms with van der Waals surface area (Å²) in [6.45, 7) is 6.90. The Labute approximate surface area is 56.3 Å². The number of rotatable bonds is 2. The zero-order valence-electron chi connectivity index (χ0n) is 6.57. The van der Waals surface area contributed by atoms with Crippen LogP contribution in [0.25, 0.3) is 0 Å². The first-order chi connectivity index (χ1) is 4.18. The lowest BCUT2D eigenvalue weighted by molar-refractivity contribution is -0.121. The number of hydrogen-bond acceptors (Lipinski definition) is 1. The summed E-state index contributed by atoms with van der Waals surface area (Å²) in [7, 11) is 0. The third kappa shape index (κ3) is 7.60. The van der Waals surface area contributed by atoms with Crippen molar-refractivity contribution in [3.63, 3.8) is 0 Å². The molecule has 0 radical (unpaired) electrons. The lowest BCUT2D eigenvalue weighted by Crippen LogP contribution is -2.08. The van der Waals surface area contributed by atoms with E-state index in [1.807, 2.05) is 13.8 Å². The quantitative estimate of drug-likeness (QED) is 0.566. The van der Waals surface area contributed by atoms with Crippen LogP contribution < -0.4 is 0 Å². The van der Waals surface area contributed by atoms with E-state index in [-0.39, 0.29) is 5.78 Å². The first-order valence-electron chi connectivity index (χ1n) is 3.33. The van der Waals surface area contributed by atoms with Crippen molar-refractivity contribution >= 4 is 5.78 Å². The summed E-state index contributed by atoms with van der Waals surface area (Å²) in [5.74, 6) is -0.373. The standard InChI is InChI=1S/C5H9FO.C2H6/c1-3-5(6)4(2)7;1-2/h5H,3H2,1-2H3;1-2H3. The van der Waals surface area contributed by atoms with Crippen LogP contribution in [0, 0.1) is 0 Å². The van der Waals surface area contributed by atoms with Gasteiger partial charge in [0.15, 0.2) is 12.0 Å². The van der Waals surface area contributed by atoms with E-state index in [9.17, 15) is 9.18 Å². The zero-order chi connectivity index (χ0) is 7.86. The Morgan fingerprint density at radius 1 is 1.56 bits per heavy atom. The van der Waals surface area contributed by atoms with Crippen molar-refractivity contribution in [2.45, 2.75) is 40.3 Å². The fourth-order valence-electron chi connectivity index (χ4n) is 0.287. The van der Waals surface area contributed by atoms with Crippen LogP contribution in [0.2, 0.25) is 0 Å². The van der Waals surface area contributed by atoms with Crippen molar-refractivity contribution in [3.8, 4) is 0 Å². The largest absolute Gasteiger partial charge is 0.297 e. The molecule has 56 valence electrons. The van der Waals surface area contributed by atoms with Gasteiger partial charge in [-0.1, -0.05) is 20.8 Å². The van der Waals surface area contributed by atoms with Crippen LogP contribution in [0.3, 0.4) is 0 Å². The molecular formula is C7H15FO. The van der Waals surface area contributed by atoms with Crippen LogP contribution in [-0.4, -0.2) is 12.0 Å². The smallest absolute Gasteiger partial charge is 0.163 e. The third-order valence-corrected chi connectivity index (χ3v) is 0.800. The average Bonchev–Trinajstić information content (AvgIpc) is 1.91. The SMILES string of the molecule is CC.CCC(F)C(C)=O. The van der Waals surface area contributed by atoms with Gasteiger partial charge in [0.1, 0.15) is 0 Å². The molecule has 0 rings (SSSR count). The predicted molar refractivity (Wildman–Crippen MR) is 37.2 cm³/mol. The number of carbonyl (C=O) groups is 1. The second kappa shape index (κ2) is 7.60. The fraction of sp³-hybridized carbons (Fsp3) is 0.857. The minimum Gasteiger partial charge on any atom is -0.297 e. The molecule has 0 fully saturated rings. The van der Waals surface area contributed by atoms with Gasteiger partial charge in [-0.2, -0.15) is 0 Å². The second-order valence-electron chi connectivity index (χ2n) is 1.49. The number of carbonyl (C=O) groups excluding carboxylic acids is 1. The van der Waals surface area contributed by atoms with Crippen molar-refractivity contribution in [2.75, 3.05) is 0 Å². The van der Waals surface area contributed by atoms with Gasteiger partial charge in [-0.25, -0.2) is 4.39 Å². The molecule has 0 aliphatic rings. The van der Waals surface area contributed by atoms with Gasteiger partial charge in [0, 0.05) is 0 Å². The normalized spacial score (nSPS) is 11.2. The van der Waals surface area contributed by atoms with Gasteiger partial charge in [-0.05, 0) is 13.3 Å². The number of alkyl halides is 1. The Morgan fingerprint density at radius 3 is 1.89 bits per heavy atom. The fourth-order valence-corrected chi connectivity index (χ4v) is 0.287. The summed E-state index contributed by atoms with van der Waals surface area (Å²) in [6.07, 6.45) is -0.935. The van der Waals surface area contributed by atoms with E-state index in [2.05, 4.69) is 0 Å². The van der Waals surface area contributed by atoms with Gasteiger partial charge in [-0.15, -0.1) is 0 Å². The van der Waals surface area contributed by atoms with Crippen molar-refractivity contribution in [1.29, 1.82) is 0 Å². The molecule has 0 aromatic carbocycles. The van der Waals surface area contributed by atoms with Crippen LogP contribution in [0.4, 0.5) is 4.39 Å². The number of ketones is 1. The van der Waals surface area contributed by atoms with E-state index in [0.717, 1.165) is 0 Å². The van der Waals surface area contributed by atoms with E-state index < -0.39 is 6.17 Å². The molecule has 0 spiro atoms. The summed E-state index contributed by atoms with van der Waals surface area (Å²) in [4.78, 5) is 10.00. The van der Waals surface area contributed by atoms with Crippen LogP contribution in [-0.2, 0) is 4.79 Å². The summed E-state index contributed by atoms with van der Waals surface area (Å²) < 4.78 is 11.9. The van der Waals surface area contributed by atoms with Crippen LogP contribution in [0.1, 0.15) is 34.1 Å². The summed E-state index contributed by atoms with van der Waals surface area (Å²) >= 11 is 0. The van der Waals surface area contributed by atoms with Crippen molar-refractivity contribution in [3.05, 3.63) is 0 Å². The molecule has 0 aliphatic heterocycles. The monoisotopic (exact) mass is 134 g/mol. The number of Topliss-reactive ketones (excluding diaryl/α,β-unsaturated/α-hetero) is 1. The molecule has 0 saturated heterocycles. The molecular weight excluding hydrogens is 119 g/mol. The Kier molecular flexibility index (Phi) is 9.63. The number of hydrogen-bond donors (Lipinski definition) is 0. The molecule has 0 aliphatic carbocycles. The molecule has 9 heavy (non-hydrogen) atoms. The maximum atomic E-state index is 11.9. The first-order valence-corrected chi connectivity index (χ1v) is 3.33. The Hall–Kier alpha value is -0.400. The highest BCUT2D eigenvalue weighted by molar-refractivity contribution is 5.80. The molecule has 1 unspecified atom stereocenters.